The minimum atomic E-state index is -4.37. The van der Waals surface area contributed by atoms with Crippen LogP contribution in [-0.4, -0.2) is 34.4 Å². The Hall–Kier alpha value is -1.86. The standard InChI is InChI=1S/C16H18F3N3O/c1-21-9-12(8-20-21)10-22-6-7-23-15(11-22)13-4-2-3-5-14(13)16(17,18)19/h2-5,8-9,15H,6-7,10-11H2,1H3/t15-/m0/s1. The number of hydrogen-bond donors (Lipinski definition) is 0. The van der Waals surface area contributed by atoms with Crippen LogP contribution in [0.1, 0.15) is 22.8 Å². The Balaban J connectivity index is 1.76. The first kappa shape index (κ1) is 16.0. The number of hydrogen-bond acceptors (Lipinski definition) is 3. The maximum Gasteiger partial charge on any atom is 0.416 e. The van der Waals surface area contributed by atoms with E-state index >= 15 is 0 Å². The summed E-state index contributed by atoms with van der Waals surface area (Å²) in [7, 11) is 1.84. The first-order valence-corrected chi connectivity index (χ1v) is 7.41. The maximum atomic E-state index is 13.2. The van der Waals surface area contributed by atoms with Crippen LogP contribution in [-0.2, 0) is 24.5 Å². The zero-order chi connectivity index (χ0) is 16.4. The summed E-state index contributed by atoms with van der Waals surface area (Å²) in [6.07, 6.45) is -1.26. The van der Waals surface area contributed by atoms with Gasteiger partial charge in [-0.2, -0.15) is 18.3 Å². The Bertz CT molecular complexity index is 669. The molecular weight excluding hydrogens is 307 g/mol. The quantitative estimate of drug-likeness (QED) is 0.869. The third-order valence-electron chi connectivity index (χ3n) is 3.93. The predicted molar refractivity (Wildman–Crippen MR) is 78.6 cm³/mol. The molecule has 0 unspecified atom stereocenters. The summed E-state index contributed by atoms with van der Waals surface area (Å²) in [5.41, 5.74) is 0.626. The molecular formula is C16H18F3N3O. The molecule has 124 valence electrons. The number of aryl methyl sites for hydroxylation is 1. The van der Waals surface area contributed by atoms with Crippen molar-refractivity contribution in [2.75, 3.05) is 19.7 Å². The molecule has 0 saturated carbocycles. The molecule has 0 radical (unpaired) electrons. The molecule has 4 nitrogen and oxygen atoms in total. The van der Waals surface area contributed by atoms with Gasteiger partial charge in [0.2, 0.25) is 0 Å². The van der Waals surface area contributed by atoms with Crippen LogP contribution in [0.4, 0.5) is 13.2 Å². The van der Waals surface area contributed by atoms with Crippen LogP contribution < -0.4 is 0 Å². The normalized spacial score (nSPS) is 19.9. The van der Waals surface area contributed by atoms with E-state index in [0.717, 1.165) is 11.6 Å². The SMILES string of the molecule is Cn1cc(CN2CCO[C@H](c3ccccc3C(F)(F)F)C2)cn1. The van der Waals surface area contributed by atoms with Gasteiger partial charge in [-0.25, -0.2) is 0 Å². The van der Waals surface area contributed by atoms with Crippen molar-refractivity contribution >= 4 is 0 Å². The van der Waals surface area contributed by atoms with Gasteiger partial charge < -0.3 is 4.74 Å². The van der Waals surface area contributed by atoms with Gasteiger partial charge >= 0.3 is 6.18 Å². The van der Waals surface area contributed by atoms with Gasteiger partial charge in [0.05, 0.1) is 24.5 Å². The van der Waals surface area contributed by atoms with E-state index in [4.69, 9.17) is 4.74 Å². The lowest BCUT2D eigenvalue weighted by atomic mass is 10.0. The number of ether oxygens (including phenoxy) is 1. The van der Waals surface area contributed by atoms with Crippen molar-refractivity contribution in [1.82, 2.24) is 14.7 Å². The van der Waals surface area contributed by atoms with E-state index in [2.05, 4.69) is 10.00 Å². The fourth-order valence-electron chi connectivity index (χ4n) is 2.88. The summed E-state index contributed by atoms with van der Waals surface area (Å²) >= 11 is 0. The van der Waals surface area contributed by atoms with Gasteiger partial charge in [0, 0.05) is 38.4 Å². The van der Waals surface area contributed by atoms with Gasteiger partial charge in [-0.3, -0.25) is 9.58 Å². The topological polar surface area (TPSA) is 30.3 Å². The third kappa shape index (κ3) is 3.73. The second-order valence-corrected chi connectivity index (χ2v) is 5.70. The van der Waals surface area contributed by atoms with Crippen LogP contribution in [0.2, 0.25) is 0 Å². The van der Waals surface area contributed by atoms with Crippen molar-refractivity contribution in [3.63, 3.8) is 0 Å². The van der Waals surface area contributed by atoms with Crippen molar-refractivity contribution in [3.05, 3.63) is 53.3 Å². The van der Waals surface area contributed by atoms with Gasteiger partial charge in [0.15, 0.2) is 0 Å². The number of rotatable bonds is 3. The molecule has 1 aromatic heterocycles. The van der Waals surface area contributed by atoms with Crippen LogP contribution >= 0.6 is 0 Å². The summed E-state index contributed by atoms with van der Waals surface area (Å²) in [6.45, 7) is 2.20. The van der Waals surface area contributed by atoms with Crippen LogP contribution in [0.5, 0.6) is 0 Å². The van der Waals surface area contributed by atoms with E-state index in [9.17, 15) is 13.2 Å². The maximum absolute atomic E-state index is 13.2. The van der Waals surface area contributed by atoms with Crippen LogP contribution in [0.15, 0.2) is 36.7 Å². The van der Waals surface area contributed by atoms with E-state index < -0.39 is 17.8 Å². The molecule has 2 aromatic rings. The molecule has 2 heterocycles. The summed E-state index contributed by atoms with van der Waals surface area (Å²) in [4.78, 5) is 2.10. The van der Waals surface area contributed by atoms with Crippen molar-refractivity contribution in [2.24, 2.45) is 7.05 Å². The van der Waals surface area contributed by atoms with Gasteiger partial charge in [-0.05, 0) is 11.6 Å². The minimum Gasteiger partial charge on any atom is -0.371 e. The number of halogens is 3. The molecule has 23 heavy (non-hydrogen) atoms. The first-order chi connectivity index (χ1) is 10.9. The van der Waals surface area contributed by atoms with E-state index in [-0.39, 0.29) is 5.56 Å². The summed E-state index contributed by atoms with van der Waals surface area (Å²) in [5.74, 6) is 0. The Morgan fingerprint density at radius 3 is 2.78 bits per heavy atom. The molecule has 1 saturated heterocycles. The Morgan fingerprint density at radius 2 is 2.09 bits per heavy atom. The second kappa shape index (κ2) is 6.33. The van der Waals surface area contributed by atoms with Gasteiger partial charge in [0.1, 0.15) is 0 Å². The van der Waals surface area contributed by atoms with E-state index in [0.29, 0.717) is 26.2 Å². The highest BCUT2D eigenvalue weighted by Gasteiger charge is 2.36. The highest BCUT2D eigenvalue weighted by molar-refractivity contribution is 5.32. The largest absolute Gasteiger partial charge is 0.416 e. The third-order valence-corrected chi connectivity index (χ3v) is 3.93. The number of aromatic nitrogens is 2. The van der Waals surface area contributed by atoms with Crippen molar-refractivity contribution in [2.45, 2.75) is 18.8 Å². The number of alkyl halides is 3. The molecule has 1 atom stereocenters. The summed E-state index contributed by atoms with van der Waals surface area (Å²) in [6, 6.07) is 5.64. The molecule has 0 amide bonds. The smallest absolute Gasteiger partial charge is 0.371 e. The highest BCUT2D eigenvalue weighted by atomic mass is 19.4. The Labute approximate surface area is 132 Å². The molecule has 1 aromatic carbocycles. The fourth-order valence-corrected chi connectivity index (χ4v) is 2.88. The van der Waals surface area contributed by atoms with Gasteiger partial charge in [0.25, 0.3) is 0 Å². The molecule has 7 heteroatoms. The van der Waals surface area contributed by atoms with Crippen LogP contribution in [0, 0.1) is 0 Å². The fraction of sp³-hybridized carbons (Fsp3) is 0.438. The minimum absolute atomic E-state index is 0.205. The average Bonchev–Trinajstić information content (AvgIpc) is 2.92. The van der Waals surface area contributed by atoms with Gasteiger partial charge in [-0.1, -0.05) is 18.2 Å². The van der Waals surface area contributed by atoms with Crippen molar-refractivity contribution in [1.29, 1.82) is 0 Å². The van der Waals surface area contributed by atoms with Crippen molar-refractivity contribution < 1.29 is 17.9 Å². The number of nitrogens with zero attached hydrogens (tertiary/aromatic N) is 3. The second-order valence-electron chi connectivity index (χ2n) is 5.70. The Kier molecular flexibility index (Phi) is 4.41. The summed E-state index contributed by atoms with van der Waals surface area (Å²) in [5, 5.41) is 4.12. The summed E-state index contributed by atoms with van der Waals surface area (Å²) < 4.78 is 46.8. The lowest BCUT2D eigenvalue weighted by molar-refractivity contribution is -0.140. The van der Waals surface area contributed by atoms with E-state index in [1.807, 2.05) is 13.2 Å². The van der Waals surface area contributed by atoms with Crippen molar-refractivity contribution in [3.8, 4) is 0 Å². The van der Waals surface area contributed by atoms with E-state index in [1.165, 1.54) is 12.1 Å². The predicted octanol–water partition coefficient (Wildman–Crippen LogP) is 3.01. The van der Waals surface area contributed by atoms with E-state index in [1.54, 1.807) is 16.9 Å². The lowest BCUT2D eigenvalue weighted by Gasteiger charge is -2.33. The molecule has 0 bridgehead atoms. The lowest BCUT2D eigenvalue weighted by Crippen LogP contribution is -2.38. The number of morpholine rings is 1. The van der Waals surface area contributed by atoms with Crippen LogP contribution in [0.3, 0.4) is 0 Å². The molecule has 3 rings (SSSR count). The number of benzene rings is 1. The Morgan fingerprint density at radius 1 is 1.30 bits per heavy atom. The molecule has 1 aliphatic heterocycles. The molecule has 1 aliphatic rings. The van der Waals surface area contributed by atoms with Gasteiger partial charge in [-0.15, -0.1) is 0 Å². The molecule has 1 fully saturated rings. The van der Waals surface area contributed by atoms with Crippen LogP contribution in [0.25, 0.3) is 0 Å². The average molecular weight is 325 g/mol. The molecule has 0 spiro atoms. The zero-order valence-corrected chi connectivity index (χ0v) is 12.8. The molecule has 0 N–H and O–H groups in total. The monoisotopic (exact) mass is 325 g/mol. The first-order valence-electron chi connectivity index (χ1n) is 7.41. The highest BCUT2D eigenvalue weighted by Crippen LogP contribution is 2.36. The zero-order valence-electron chi connectivity index (χ0n) is 12.8. The molecule has 0 aliphatic carbocycles.